The molecule has 3 aliphatic heterocycles. The molecule has 7 N–H and O–H groups in total. The highest BCUT2D eigenvalue weighted by Gasteiger charge is 2.36. The fourth-order valence-corrected chi connectivity index (χ4v) is 11.5. The number of urea groups is 1. The molecule has 2 atom stereocenters. The number of benzene rings is 5. The molecule has 7 aromatic rings. The third-order valence-corrected chi connectivity index (χ3v) is 16.3. The van der Waals surface area contributed by atoms with Gasteiger partial charge in [0.25, 0.3) is 35.4 Å². The molecule has 0 saturated carbocycles. The number of imide groups is 3. The molecule has 476 valence electrons. The molecule has 1 unspecified atom stereocenters. The molecule has 3 aliphatic rings. The first kappa shape index (κ1) is 64.1. The third kappa shape index (κ3) is 14.6. The van der Waals surface area contributed by atoms with Crippen LogP contribution in [0.2, 0.25) is 0 Å². The highest BCUT2D eigenvalue weighted by molar-refractivity contribution is 6.27. The van der Waals surface area contributed by atoms with Crippen LogP contribution in [0.4, 0.5) is 15.3 Å². The van der Waals surface area contributed by atoms with Crippen molar-refractivity contribution in [2.45, 2.75) is 77.5 Å². The van der Waals surface area contributed by atoms with Gasteiger partial charge in [0.2, 0.25) is 17.7 Å². The maximum atomic E-state index is 14.2. The van der Waals surface area contributed by atoms with Crippen LogP contribution in [-0.4, -0.2) is 168 Å². The van der Waals surface area contributed by atoms with Crippen LogP contribution in [0, 0.1) is 5.92 Å². The summed E-state index contributed by atoms with van der Waals surface area (Å²) in [5.41, 5.74) is 9.12. The van der Waals surface area contributed by atoms with Crippen molar-refractivity contribution in [3.63, 3.8) is 0 Å². The van der Waals surface area contributed by atoms with Crippen LogP contribution >= 0.6 is 0 Å². The van der Waals surface area contributed by atoms with Gasteiger partial charge in [-0.3, -0.25) is 57.9 Å². The lowest BCUT2D eigenvalue weighted by Crippen LogP contribution is -2.54. The molecule has 0 spiro atoms. The summed E-state index contributed by atoms with van der Waals surface area (Å²) in [5.74, 6) is -4.61. The van der Waals surface area contributed by atoms with E-state index in [1.807, 2.05) is 22.8 Å². The molecule has 5 aromatic carbocycles. The van der Waals surface area contributed by atoms with Crippen LogP contribution in [0.15, 0.2) is 135 Å². The second-order valence-electron chi connectivity index (χ2n) is 22.8. The number of imidazole rings is 2. The van der Waals surface area contributed by atoms with E-state index < -0.39 is 65.6 Å². The lowest BCUT2D eigenvalue weighted by Gasteiger charge is -2.30. The number of amides is 12. The normalized spacial score (nSPS) is 14.1. The molecule has 26 nitrogen and oxygen atoms in total. The van der Waals surface area contributed by atoms with E-state index in [0.717, 1.165) is 26.6 Å². The summed E-state index contributed by atoms with van der Waals surface area (Å²) in [7, 11) is 0. The van der Waals surface area contributed by atoms with E-state index >= 15 is 0 Å². The van der Waals surface area contributed by atoms with Gasteiger partial charge in [-0.1, -0.05) is 56.7 Å². The number of unbranched alkanes of at least 4 members (excludes halogenated alkanes) is 2. The van der Waals surface area contributed by atoms with Crippen LogP contribution < -0.4 is 32.3 Å². The molecule has 2 aromatic heterocycles. The SMILES string of the molecule is CC(C)[C@H](NC(=O)CCCCCN1C(=O)C=CC1=O)C(=O)NC(CCCNC(N)=O)C(=O)Nc1ccc(COC(=O)N(CCCNCCN2C(=O)c3cccc4c(-n5ccnc5)ccc(c34)C2=O)CCN2C(=O)c3cccc4c(-n5ccnc5)ccc(c34)C2=O)cc1. The molecule has 0 bridgehead atoms. The number of nitrogens with one attached hydrogen (secondary N) is 5. The molecule has 0 saturated heterocycles. The predicted octanol–water partition coefficient (Wildman–Crippen LogP) is 5.37. The van der Waals surface area contributed by atoms with Crippen molar-refractivity contribution in [3.8, 4) is 11.4 Å². The van der Waals surface area contributed by atoms with Gasteiger partial charge in [-0.15, -0.1) is 0 Å². The standard InChI is InChI=1S/C66H70N14O12/c1-41(2)58(74-53(81)15-4-3-5-32-78-54(82)24-25-55(78)83)60(85)73-50(14-8-27-71-65(67)90)59(84)72-43-18-16-42(17-19-43)38-92-66(91)75(36-37-80-62(87)47-13-7-11-45-52(77-34-29-70-40-77)23-21-49(57(45)47)64(80)89)31-9-26-68-30-35-79-61(86)46-12-6-10-44-51(76-33-28-69-39-76)22-20-48(56(44)46)63(79)88/h6-7,10-13,16-25,28-29,33-34,39-41,50,58,68H,3-5,8-9,14-15,26-27,30-32,35-38H2,1-2H3,(H,72,84)(H,73,85)(H,74,81)(H3,67,71,90)/t50?,58-/m0/s1. The average molecular weight is 1250 g/mol. The van der Waals surface area contributed by atoms with E-state index in [2.05, 4.69) is 36.6 Å². The first-order chi connectivity index (χ1) is 44.5. The number of carbonyl (C=O) groups excluding carboxylic acids is 11. The Balaban J connectivity index is 0.759. The molecule has 5 heterocycles. The van der Waals surface area contributed by atoms with Crippen molar-refractivity contribution in [3.05, 3.63) is 162 Å². The zero-order chi connectivity index (χ0) is 65.0. The lowest BCUT2D eigenvalue weighted by molar-refractivity contribution is -0.137. The Bertz CT molecular complexity index is 3950. The van der Waals surface area contributed by atoms with Gasteiger partial charge in [-0.25, -0.2) is 19.6 Å². The number of ether oxygens (including phenoxy) is 1. The van der Waals surface area contributed by atoms with Gasteiger partial charge >= 0.3 is 12.1 Å². The number of rotatable bonds is 30. The topological polar surface area (TPSA) is 332 Å². The fraction of sp³-hybridized carbons (Fsp3) is 0.318. The minimum absolute atomic E-state index is 0.0641. The summed E-state index contributed by atoms with van der Waals surface area (Å²) in [6.07, 6.45) is 14.1. The summed E-state index contributed by atoms with van der Waals surface area (Å²) in [6.45, 7) is 4.09. The van der Waals surface area contributed by atoms with E-state index in [1.54, 1.807) is 123 Å². The van der Waals surface area contributed by atoms with Gasteiger partial charge in [0.1, 0.15) is 18.7 Å². The Kier molecular flexibility index (Phi) is 20.3. The van der Waals surface area contributed by atoms with Gasteiger partial charge in [0, 0.05) is 139 Å². The van der Waals surface area contributed by atoms with E-state index in [4.69, 9.17) is 10.5 Å². The highest BCUT2D eigenvalue weighted by Crippen LogP contribution is 2.35. The second-order valence-corrected chi connectivity index (χ2v) is 22.8. The third-order valence-electron chi connectivity index (χ3n) is 16.3. The van der Waals surface area contributed by atoms with E-state index in [1.165, 1.54) is 22.0 Å². The number of nitrogens with two attached hydrogens (primary N) is 1. The van der Waals surface area contributed by atoms with Gasteiger partial charge in [-0.2, -0.15) is 0 Å². The zero-order valence-corrected chi connectivity index (χ0v) is 50.8. The van der Waals surface area contributed by atoms with Crippen molar-refractivity contribution in [2.24, 2.45) is 11.7 Å². The summed E-state index contributed by atoms with van der Waals surface area (Å²) in [4.78, 5) is 159. The Morgan fingerprint density at radius 3 is 1.74 bits per heavy atom. The van der Waals surface area contributed by atoms with Crippen LogP contribution in [0.5, 0.6) is 0 Å². The monoisotopic (exact) mass is 1250 g/mol. The molecule has 92 heavy (non-hydrogen) atoms. The number of hydrogen-bond donors (Lipinski definition) is 6. The summed E-state index contributed by atoms with van der Waals surface area (Å²) in [6, 6.07) is 21.2. The van der Waals surface area contributed by atoms with E-state index in [0.29, 0.717) is 81.9 Å². The summed E-state index contributed by atoms with van der Waals surface area (Å²) >= 11 is 0. The molecule has 10 rings (SSSR count). The van der Waals surface area contributed by atoms with Crippen LogP contribution in [-0.2, 0) is 35.3 Å². The first-order valence-electron chi connectivity index (χ1n) is 30.5. The Morgan fingerprint density at radius 2 is 1.17 bits per heavy atom. The molecular weight excluding hydrogens is 1180 g/mol. The number of carbonyl (C=O) groups is 11. The van der Waals surface area contributed by atoms with Crippen molar-refractivity contribution in [2.75, 3.05) is 57.7 Å². The maximum absolute atomic E-state index is 14.2. The smallest absolute Gasteiger partial charge is 0.410 e. The highest BCUT2D eigenvalue weighted by atomic mass is 16.6. The van der Waals surface area contributed by atoms with Crippen molar-refractivity contribution >= 4 is 92.5 Å². The quantitative estimate of drug-likeness (QED) is 0.0243. The maximum Gasteiger partial charge on any atom is 0.410 e. The largest absolute Gasteiger partial charge is 0.445 e. The Morgan fingerprint density at radius 1 is 0.587 bits per heavy atom. The molecular formula is C66H70N14O12. The number of primary amides is 1. The van der Waals surface area contributed by atoms with Gasteiger partial charge in [-0.05, 0) is 98.7 Å². The van der Waals surface area contributed by atoms with Crippen LogP contribution in [0.1, 0.15) is 106 Å². The molecule has 0 aliphatic carbocycles. The van der Waals surface area contributed by atoms with Crippen molar-refractivity contribution in [1.29, 1.82) is 0 Å². The zero-order valence-electron chi connectivity index (χ0n) is 50.8. The number of anilines is 1. The van der Waals surface area contributed by atoms with E-state index in [-0.39, 0.29) is 89.4 Å². The predicted molar refractivity (Wildman–Crippen MR) is 337 cm³/mol. The molecule has 0 fully saturated rings. The van der Waals surface area contributed by atoms with Gasteiger partial charge in [0.15, 0.2) is 0 Å². The van der Waals surface area contributed by atoms with E-state index in [9.17, 15) is 52.7 Å². The second kappa shape index (κ2) is 29.2. The van der Waals surface area contributed by atoms with Crippen LogP contribution in [0.3, 0.4) is 0 Å². The van der Waals surface area contributed by atoms with Gasteiger partial charge in [0.05, 0.1) is 24.0 Å². The Hall–Kier alpha value is -10.9. The number of aromatic nitrogens is 4. The average Bonchev–Trinajstić information content (AvgIpc) is 0.866. The Labute approximate surface area is 528 Å². The minimum atomic E-state index is -1.12. The lowest BCUT2D eigenvalue weighted by atomic mass is 9.93. The molecule has 12 amide bonds. The number of hydrogen-bond acceptors (Lipinski definition) is 15. The first-order valence-corrected chi connectivity index (χ1v) is 30.5. The summed E-state index contributed by atoms with van der Waals surface area (Å²) < 4.78 is 9.47. The summed E-state index contributed by atoms with van der Waals surface area (Å²) in [5, 5.41) is 16.6. The van der Waals surface area contributed by atoms with Crippen LogP contribution in [0.25, 0.3) is 32.9 Å². The van der Waals surface area contributed by atoms with Gasteiger partial charge < -0.3 is 51.1 Å². The minimum Gasteiger partial charge on any atom is -0.445 e. The molecule has 26 heteroatoms. The van der Waals surface area contributed by atoms with Crippen molar-refractivity contribution < 1.29 is 57.5 Å². The van der Waals surface area contributed by atoms with Crippen molar-refractivity contribution in [1.82, 2.24) is 60.0 Å². The fourth-order valence-electron chi connectivity index (χ4n) is 11.5. The number of nitrogens with zero attached hydrogens (tertiary/aromatic N) is 8. The molecule has 0 radical (unpaired) electrons.